The van der Waals surface area contributed by atoms with Gasteiger partial charge in [0.15, 0.2) is 0 Å². The first-order valence-corrected chi connectivity index (χ1v) is 4.58. The lowest BCUT2D eigenvalue weighted by molar-refractivity contribution is -0.148. The maximum atomic E-state index is 11.1. The Bertz CT molecular complexity index is 276. The first kappa shape index (κ1) is 8.53. The quantitative estimate of drug-likeness (QED) is 0.650. The number of rotatable bonds is 2. The minimum atomic E-state index is -0.934. The molecule has 0 heterocycles. The summed E-state index contributed by atoms with van der Waals surface area (Å²) in [6.45, 7) is 1.38. The van der Waals surface area contributed by atoms with E-state index in [4.69, 9.17) is 5.11 Å². The van der Waals surface area contributed by atoms with Gasteiger partial charge in [-0.15, -0.1) is 0 Å². The summed E-state index contributed by atoms with van der Waals surface area (Å²) >= 11 is 0. The maximum absolute atomic E-state index is 11.1. The summed E-state index contributed by atoms with van der Waals surface area (Å²) < 4.78 is 0. The summed E-state index contributed by atoms with van der Waals surface area (Å²) in [7, 11) is 0. The highest BCUT2D eigenvalue weighted by Crippen LogP contribution is 2.57. The van der Waals surface area contributed by atoms with Crippen molar-refractivity contribution in [1.82, 2.24) is 5.32 Å². The number of carboxylic acid groups (broad SMARTS) is 1. The molecule has 0 aromatic carbocycles. The predicted molar refractivity (Wildman–Crippen MR) is 45.0 cm³/mol. The van der Waals surface area contributed by atoms with Gasteiger partial charge in [0.25, 0.3) is 0 Å². The molecule has 2 aliphatic rings. The molecule has 2 saturated carbocycles. The second-order valence-electron chi connectivity index (χ2n) is 4.10. The fourth-order valence-corrected chi connectivity index (χ4v) is 2.56. The van der Waals surface area contributed by atoms with E-state index in [1.807, 2.05) is 0 Å². The van der Waals surface area contributed by atoms with Gasteiger partial charge in [-0.25, -0.2) is 4.79 Å². The van der Waals surface area contributed by atoms with Crippen LogP contribution in [-0.2, 0) is 9.59 Å². The van der Waals surface area contributed by atoms with Crippen LogP contribution >= 0.6 is 0 Å². The molecule has 0 aliphatic heterocycles. The van der Waals surface area contributed by atoms with E-state index in [1.54, 1.807) is 0 Å². The molecule has 0 aromatic rings. The smallest absolute Gasteiger partial charge is 0.329 e. The third-order valence-corrected chi connectivity index (χ3v) is 3.25. The molecule has 1 amide bonds. The van der Waals surface area contributed by atoms with Crippen molar-refractivity contribution in [2.24, 2.45) is 11.8 Å². The van der Waals surface area contributed by atoms with Crippen molar-refractivity contribution < 1.29 is 14.7 Å². The van der Waals surface area contributed by atoms with Crippen molar-refractivity contribution in [3.8, 4) is 0 Å². The zero-order valence-electron chi connectivity index (χ0n) is 7.54. The highest BCUT2D eigenvalue weighted by atomic mass is 16.4. The lowest BCUT2D eigenvalue weighted by Crippen LogP contribution is -2.54. The average Bonchev–Trinajstić information content (AvgIpc) is 2.70. The SMILES string of the molecule is CC(=O)NC1(C(=O)O)CCC2CC21. The van der Waals surface area contributed by atoms with E-state index in [1.165, 1.54) is 6.92 Å². The molecule has 2 rings (SSSR count). The molecule has 4 nitrogen and oxygen atoms in total. The third-order valence-electron chi connectivity index (χ3n) is 3.25. The van der Waals surface area contributed by atoms with Gasteiger partial charge in [-0.3, -0.25) is 4.79 Å². The number of amides is 1. The zero-order valence-corrected chi connectivity index (χ0v) is 7.54. The van der Waals surface area contributed by atoms with Crippen LogP contribution in [0.15, 0.2) is 0 Å². The van der Waals surface area contributed by atoms with Gasteiger partial charge in [0.2, 0.25) is 5.91 Å². The highest BCUT2D eigenvalue weighted by molar-refractivity contribution is 5.87. The zero-order chi connectivity index (χ0) is 9.64. The molecule has 2 aliphatic carbocycles. The highest BCUT2D eigenvalue weighted by Gasteiger charge is 2.62. The molecule has 0 spiro atoms. The number of carboxylic acids is 1. The van der Waals surface area contributed by atoms with Gasteiger partial charge in [-0.2, -0.15) is 0 Å². The molecule has 13 heavy (non-hydrogen) atoms. The van der Waals surface area contributed by atoms with Crippen molar-refractivity contribution in [2.75, 3.05) is 0 Å². The van der Waals surface area contributed by atoms with Gasteiger partial charge >= 0.3 is 5.97 Å². The first-order chi connectivity index (χ1) is 6.06. The summed E-state index contributed by atoms with van der Waals surface area (Å²) in [6, 6.07) is 0. The lowest BCUT2D eigenvalue weighted by Gasteiger charge is -2.26. The molecule has 2 fully saturated rings. The molecule has 0 saturated heterocycles. The van der Waals surface area contributed by atoms with Gasteiger partial charge in [0.1, 0.15) is 5.54 Å². The predicted octanol–water partition coefficient (Wildman–Crippen LogP) is 0.376. The molecule has 4 heteroatoms. The standard InChI is InChI=1S/C9H13NO3/c1-5(11)10-9(8(12)13)3-2-6-4-7(6)9/h6-7H,2-4H2,1H3,(H,10,11)(H,12,13). The van der Waals surface area contributed by atoms with Gasteiger partial charge < -0.3 is 10.4 Å². The molecule has 3 atom stereocenters. The summed E-state index contributed by atoms with van der Waals surface area (Å²) in [5, 5.41) is 11.7. The fourth-order valence-electron chi connectivity index (χ4n) is 2.56. The summed E-state index contributed by atoms with van der Waals surface area (Å²) in [6.07, 6.45) is 2.50. The minimum absolute atomic E-state index is 0.189. The number of hydrogen-bond donors (Lipinski definition) is 2. The Morgan fingerprint density at radius 2 is 2.23 bits per heavy atom. The summed E-state index contributed by atoms with van der Waals surface area (Å²) in [4.78, 5) is 22.0. The first-order valence-electron chi connectivity index (χ1n) is 4.58. The minimum Gasteiger partial charge on any atom is -0.479 e. The Morgan fingerprint density at radius 1 is 1.54 bits per heavy atom. The Balaban J connectivity index is 2.20. The van der Waals surface area contributed by atoms with E-state index in [0.29, 0.717) is 12.3 Å². The van der Waals surface area contributed by atoms with Crippen LogP contribution in [-0.4, -0.2) is 22.5 Å². The van der Waals surface area contributed by atoms with Crippen LogP contribution in [0.2, 0.25) is 0 Å². The number of carbonyl (C=O) groups excluding carboxylic acids is 1. The van der Waals surface area contributed by atoms with Crippen molar-refractivity contribution in [3.63, 3.8) is 0 Å². The Kier molecular flexibility index (Phi) is 1.62. The van der Waals surface area contributed by atoms with Gasteiger partial charge in [0, 0.05) is 6.92 Å². The van der Waals surface area contributed by atoms with Crippen LogP contribution in [0.3, 0.4) is 0 Å². The molecular formula is C9H13NO3. The van der Waals surface area contributed by atoms with Gasteiger partial charge in [-0.05, 0) is 31.1 Å². The molecule has 0 bridgehead atoms. The van der Waals surface area contributed by atoms with E-state index in [9.17, 15) is 9.59 Å². The van der Waals surface area contributed by atoms with E-state index >= 15 is 0 Å². The average molecular weight is 183 g/mol. The number of fused-ring (bicyclic) bond motifs is 1. The van der Waals surface area contributed by atoms with Gasteiger partial charge in [-0.1, -0.05) is 0 Å². The molecular weight excluding hydrogens is 170 g/mol. The van der Waals surface area contributed by atoms with Crippen molar-refractivity contribution in [3.05, 3.63) is 0 Å². The molecule has 3 unspecified atom stereocenters. The Labute approximate surface area is 76.3 Å². The van der Waals surface area contributed by atoms with Crippen LogP contribution in [0, 0.1) is 11.8 Å². The molecule has 0 aromatic heterocycles. The van der Waals surface area contributed by atoms with Crippen molar-refractivity contribution in [2.45, 2.75) is 31.7 Å². The number of aliphatic carboxylic acids is 1. The van der Waals surface area contributed by atoms with E-state index < -0.39 is 11.5 Å². The molecule has 0 radical (unpaired) electrons. The molecule has 72 valence electrons. The van der Waals surface area contributed by atoms with E-state index in [-0.39, 0.29) is 11.8 Å². The Hall–Kier alpha value is -1.06. The van der Waals surface area contributed by atoms with Crippen LogP contribution in [0.5, 0.6) is 0 Å². The van der Waals surface area contributed by atoms with Crippen LogP contribution in [0.4, 0.5) is 0 Å². The van der Waals surface area contributed by atoms with Crippen LogP contribution in [0.1, 0.15) is 26.2 Å². The Morgan fingerprint density at radius 3 is 2.54 bits per heavy atom. The number of nitrogens with one attached hydrogen (secondary N) is 1. The number of carbonyl (C=O) groups is 2. The lowest BCUT2D eigenvalue weighted by atomic mass is 9.93. The van der Waals surface area contributed by atoms with E-state index in [2.05, 4.69) is 5.32 Å². The third kappa shape index (κ3) is 1.12. The summed E-state index contributed by atoms with van der Waals surface area (Å²) in [5.41, 5.74) is -0.934. The second-order valence-corrected chi connectivity index (χ2v) is 4.10. The van der Waals surface area contributed by atoms with E-state index in [0.717, 1.165) is 12.8 Å². The monoisotopic (exact) mass is 183 g/mol. The fraction of sp³-hybridized carbons (Fsp3) is 0.778. The van der Waals surface area contributed by atoms with Gasteiger partial charge in [0.05, 0.1) is 0 Å². The van der Waals surface area contributed by atoms with Crippen molar-refractivity contribution in [1.29, 1.82) is 0 Å². The largest absolute Gasteiger partial charge is 0.479 e. The molecule has 2 N–H and O–H groups in total. The van der Waals surface area contributed by atoms with Crippen LogP contribution < -0.4 is 5.32 Å². The number of hydrogen-bond acceptors (Lipinski definition) is 2. The normalized spacial score (nSPS) is 41.0. The van der Waals surface area contributed by atoms with Crippen LogP contribution in [0.25, 0.3) is 0 Å². The van der Waals surface area contributed by atoms with Crippen molar-refractivity contribution >= 4 is 11.9 Å². The second kappa shape index (κ2) is 2.47. The maximum Gasteiger partial charge on any atom is 0.329 e. The topological polar surface area (TPSA) is 66.4 Å². The summed E-state index contributed by atoms with van der Waals surface area (Å²) in [5.74, 6) is -0.375.